The summed E-state index contributed by atoms with van der Waals surface area (Å²) in [4.78, 5) is 20.7. The van der Waals surface area contributed by atoms with Crippen molar-refractivity contribution < 1.29 is 4.79 Å². The number of carbonyl (C=O) groups is 1. The lowest BCUT2D eigenvalue weighted by molar-refractivity contribution is 0.102. The normalized spacial score (nSPS) is 10.4. The van der Waals surface area contributed by atoms with Gasteiger partial charge in [0.2, 0.25) is 0 Å². The molecule has 1 aromatic heterocycles. The summed E-state index contributed by atoms with van der Waals surface area (Å²) in [5, 5.41) is 6.73. The van der Waals surface area contributed by atoms with Crippen molar-refractivity contribution >= 4 is 29.0 Å². The Morgan fingerprint density at radius 1 is 1.08 bits per heavy atom. The molecule has 1 amide bonds. The SMILES string of the molecule is Cc1ccc(NC(=O)c2cc(NCc3ccccc3Cl)ncn2)c(C)c1. The van der Waals surface area contributed by atoms with Crippen molar-refractivity contribution in [2.75, 3.05) is 10.6 Å². The Labute approximate surface area is 157 Å². The zero-order valence-corrected chi connectivity index (χ0v) is 15.3. The van der Waals surface area contributed by atoms with Gasteiger partial charge in [0.15, 0.2) is 0 Å². The van der Waals surface area contributed by atoms with Gasteiger partial charge in [-0.05, 0) is 37.1 Å². The minimum absolute atomic E-state index is 0.278. The zero-order valence-electron chi connectivity index (χ0n) is 14.6. The predicted octanol–water partition coefficient (Wildman–Crippen LogP) is 4.61. The lowest BCUT2D eigenvalue weighted by Gasteiger charge is -2.10. The second-order valence-corrected chi connectivity index (χ2v) is 6.41. The van der Waals surface area contributed by atoms with Crippen LogP contribution in [-0.4, -0.2) is 15.9 Å². The molecule has 3 rings (SSSR count). The van der Waals surface area contributed by atoms with E-state index in [-0.39, 0.29) is 5.91 Å². The van der Waals surface area contributed by atoms with Crippen molar-refractivity contribution in [2.45, 2.75) is 20.4 Å². The number of aromatic nitrogens is 2. The van der Waals surface area contributed by atoms with Crippen molar-refractivity contribution in [3.8, 4) is 0 Å². The third-order valence-corrected chi connectivity index (χ3v) is 4.32. The van der Waals surface area contributed by atoms with E-state index >= 15 is 0 Å². The highest BCUT2D eigenvalue weighted by Gasteiger charge is 2.11. The maximum atomic E-state index is 12.5. The highest BCUT2D eigenvalue weighted by Crippen LogP contribution is 2.18. The van der Waals surface area contributed by atoms with Gasteiger partial charge in [-0.15, -0.1) is 0 Å². The van der Waals surface area contributed by atoms with Gasteiger partial charge in [0.25, 0.3) is 5.91 Å². The Bertz CT molecular complexity index is 943. The van der Waals surface area contributed by atoms with E-state index in [2.05, 4.69) is 20.6 Å². The maximum absolute atomic E-state index is 12.5. The third-order valence-electron chi connectivity index (χ3n) is 3.95. The van der Waals surface area contributed by atoms with Gasteiger partial charge >= 0.3 is 0 Å². The fourth-order valence-electron chi connectivity index (χ4n) is 2.55. The van der Waals surface area contributed by atoms with Crippen LogP contribution in [0.15, 0.2) is 54.9 Å². The predicted molar refractivity (Wildman–Crippen MR) is 105 cm³/mol. The summed E-state index contributed by atoms with van der Waals surface area (Å²) in [6, 6.07) is 15.1. The summed E-state index contributed by atoms with van der Waals surface area (Å²) in [6.45, 7) is 4.48. The number of hydrogen-bond acceptors (Lipinski definition) is 4. The molecule has 3 aromatic rings. The smallest absolute Gasteiger partial charge is 0.274 e. The Balaban J connectivity index is 1.70. The van der Waals surface area contributed by atoms with Gasteiger partial charge in [0.1, 0.15) is 17.8 Å². The summed E-state index contributed by atoms with van der Waals surface area (Å²) in [7, 11) is 0. The maximum Gasteiger partial charge on any atom is 0.274 e. The average molecular weight is 367 g/mol. The zero-order chi connectivity index (χ0) is 18.5. The Morgan fingerprint density at radius 3 is 2.65 bits per heavy atom. The quantitative estimate of drug-likeness (QED) is 0.691. The van der Waals surface area contributed by atoms with Crippen molar-refractivity contribution in [1.82, 2.24) is 9.97 Å². The Kier molecular flexibility index (Phi) is 5.49. The number of anilines is 2. The van der Waals surface area contributed by atoms with E-state index in [0.717, 1.165) is 22.4 Å². The lowest BCUT2D eigenvalue weighted by Crippen LogP contribution is -2.15. The first-order valence-corrected chi connectivity index (χ1v) is 8.58. The summed E-state index contributed by atoms with van der Waals surface area (Å²) < 4.78 is 0. The number of halogens is 1. The molecule has 132 valence electrons. The molecule has 0 saturated heterocycles. The van der Waals surface area contributed by atoms with Crippen molar-refractivity contribution in [2.24, 2.45) is 0 Å². The van der Waals surface area contributed by atoms with E-state index in [1.165, 1.54) is 6.33 Å². The molecule has 0 aliphatic carbocycles. The molecule has 0 aliphatic rings. The monoisotopic (exact) mass is 366 g/mol. The van der Waals surface area contributed by atoms with Crippen LogP contribution in [0.25, 0.3) is 0 Å². The molecule has 26 heavy (non-hydrogen) atoms. The number of aryl methyl sites for hydroxylation is 2. The first-order chi connectivity index (χ1) is 12.5. The molecular formula is C20H19ClN4O. The molecule has 0 saturated carbocycles. The van der Waals surface area contributed by atoms with E-state index in [1.807, 2.05) is 56.3 Å². The van der Waals surface area contributed by atoms with E-state index < -0.39 is 0 Å². The average Bonchev–Trinajstić information content (AvgIpc) is 2.63. The van der Waals surface area contributed by atoms with Gasteiger partial charge < -0.3 is 10.6 Å². The van der Waals surface area contributed by atoms with Gasteiger partial charge in [-0.2, -0.15) is 0 Å². The molecule has 0 spiro atoms. The molecule has 0 fully saturated rings. The van der Waals surface area contributed by atoms with Crippen LogP contribution < -0.4 is 10.6 Å². The summed E-state index contributed by atoms with van der Waals surface area (Å²) in [5.41, 5.74) is 4.17. The molecule has 0 aliphatic heterocycles. The number of rotatable bonds is 5. The van der Waals surface area contributed by atoms with Crippen LogP contribution in [0.3, 0.4) is 0 Å². The molecule has 2 aromatic carbocycles. The fourth-order valence-corrected chi connectivity index (χ4v) is 2.75. The molecule has 1 heterocycles. The summed E-state index contributed by atoms with van der Waals surface area (Å²) >= 11 is 6.15. The van der Waals surface area contributed by atoms with E-state index in [0.29, 0.717) is 23.1 Å². The van der Waals surface area contributed by atoms with Crippen molar-refractivity contribution in [3.05, 3.63) is 82.3 Å². The molecule has 0 radical (unpaired) electrons. The fraction of sp³-hybridized carbons (Fsp3) is 0.150. The third kappa shape index (κ3) is 4.37. The molecule has 2 N–H and O–H groups in total. The number of hydrogen-bond donors (Lipinski definition) is 2. The van der Waals surface area contributed by atoms with Crippen LogP contribution in [-0.2, 0) is 6.54 Å². The molecular weight excluding hydrogens is 348 g/mol. The largest absolute Gasteiger partial charge is 0.366 e. The first-order valence-electron chi connectivity index (χ1n) is 8.21. The Hall–Kier alpha value is -2.92. The number of nitrogens with zero attached hydrogens (tertiary/aromatic N) is 2. The summed E-state index contributed by atoms with van der Waals surface area (Å²) in [5.74, 6) is 0.283. The van der Waals surface area contributed by atoms with Gasteiger partial charge in [-0.3, -0.25) is 4.79 Å². The van der Waals surface area contributed by atoms with E-state index in [4.69, 9.17) is 11.6 Å². The lowest BCUT2D eigenvalue weighted by atomic mass is 10.1. The number of benzene rings is 2. The van der Waals surface area contributed by atoms with Crippen LogP contribution in [0.4, 0.5) is 11.5 Å². The molecule has 6 heteroatoms. The summed E-state index contributed by atoms with van der Waals surface area (Å²) in [6.07, 6.45) is 1.37. The molecule has 0 bridgehead atoms. The van der Waals surface area contributed by atoms with E-state index in [9.17, 15) is 4.79 Å². The van der Waals surface area contributed by atoms with Crippen molar-refractivity contribution in [3.63, 3.8) is 0 Å². The number of nitrogens with one attached hydrogen (secondary N) is 2. The van der Waals surface area contributed by atoms with Crippen LogP contribution in [0.1, 0.15) is 27.2 Å². The highest BCUT2D eigenvalue weighted by molar-refractivity contribution is 6.31. The van der Waals surface area contributed by atoms with Crippen LogP contribution in [0.5, 0.6) is 0 Å². The van der Waals surface area contributed by atoms with Gasteiger partial charge in [0.05, 0.1) is 0 Å². The van der Waals surface area contributed by atoms with Crippen LogP contribution >= 0.6 is 11.6 Å². The first kappa shape index (κ1) is 17.9. The van der Waals surface area contributed by atoms with Gasteiger partial charge in [0, 0.05) is 23.3 Å². The molecule has 5 nitrogen and oxygen atoms in total. The van der Waals surface area contributed by atoms with E-state index in [1.54, 1.807) is 6.07 Å². The van der Waals surface area contributed by atoms with Crippen molar-refractivity contribution in [1.29, 1.82) is 0 Å². The Morgan fingerprint density at radius 2 is 1.88 bits per heavy atom. The minimum Gasteiger partial charge on any atom is -0.366 e. The standard InChI is InChI=1S/C20H19ClN4O/c1-13-7-8-17(14(2)9-13)25-20(26)18-10-19(24-12-23-18)22-11-15-5-3-4-6-16(15)21/h3-10,12H,11H2,1-2H3,(H,25,26)(H,22,23,24). The molecule has 0 unspecified atom stereocenters. The van der Waals surface area contributed by atoms with Crippen LogP contribution in [0, 0.1) is 13.8 Å². The second-order valence-electron chi connectivity index (χ2n) is 6.01. The number of amides is 1. The highest BCUT2D eigenvalue weighted by atomic mass is 35.5. The minimum atomic E-state index is -0.278. The number of carbonyl (C=O) groups excluding carboxylic acids is 1. The topological polar surface area (TPSA) is 66.9 Å². The molecule has 0 atom stereocenters. The van der Waals surface area contributed by atoms with Gasteiger partial charge in [-0.25, -0.2) is 9.97 Å². The van der Waals surface area contributed by atoms with Gasteiger partial charge in [-0.1, -0.05) is 47.5 Å². The van der Waals surface area contributed by atoms with Crippen LogP contribution in [0.2, 0.25) is 5.02 Å². The second kappa shape index (κ2) is 7.97.